The van der Waals surface area contributed by atoms with Crippen LogP contribution < -0.4 is 5.32 Å². The first kappa shape index (κ1) is 18.1. The van der Waals surface area contributed by atoms with E-state index < -0.39 is 5.54 Å². The lowest BCUT2D eigenvalue weighted by Crippen LogP contribution is -2.56. The fraction of sp³-hybridized carbons (Fsp3) is 0.647. The Labute approximate surface area is 129 Å². The van der Waals surface area contributed by atoms with Crippen LogP contribution in [0.4, 0.5) is 0 Å². The van der Waals surface area contributed by atoms with Gasteiger partial charge in [0.2, 0.25) is 0 Å². The van der Waals surface area contributed by atoms with Gasteiger partial charge in [-0.05, 0) is 26.0 Å². The SMILES string of the molecule is CCN(CCOC)CC(CO)(NC(C)C)c1ccccc1. The van der Waals surface area contributed by atoms with Gasteiger partial charge in [-0.25, -0.2) is 0 Å². The average molecular weight is 294 g/mol. The molecular formula is C17H30N2O2. The smallest absolute Gasteiger partial charge is 0.0799 e. The van der Waals surface area contributed by atoms with Gasteiger partial charge in [0.15, 0.2) is 0 Å². The van der Waals surface area contributed by atoms with Crippen LogP contribution in [0.3, 0.4) is 0 Å². The molecule has 0 saturated heterocycles. The van der Waals surface area contributed by atoms with Crippen LogP contribution >= 0.6 is 0 Å². The Hall–Kier alpha value is -0.940. The molecule has 0 saturated carbocycles. The van der Waals surface area contributed by atoms with Gasteiger partial charge in [-0.2, -0.15) is 0 Å². The van der Waals surface area contributed by atoms with Crippen molar-refractivity contribution in [3.63, 3.8) is 0 Å². The summed E-state index contributed by atoms with van der Waals surface area (Å²) >= 11 is 0. The van der Waals surface area contributed by atoms with Gasteiger partial charge in [0.05, 0.1) is 18.8 Å². The number of nitrogens with one attached hydrogen (secondary N) is 1. The molecule has 21 heavy (non-hydrogen) atoms. The second-order valence-corrected chi connectivity index (χ2v) is 5.77. The summed E-state index contributed by atoms with van der Waals surface area (Å²) in [5.41, 5.74) is 0.677. The number of benzene rings is 1. The molecule has 0 fully saturated rings. The molecule has 0 heterocycles. The molecule has 1 aromatic carbocycles. The minimum absolute atomic E-state index is 0.0681. The molecule has 1 rings (SSSR count). The van der Waals surface area contributed by atoms with E-state index in [1.54, 1.807) is 7.11 Å². The minimum atomic E-state index is -0.445. The summed E-state index contributed by atoms with van der Waals surface area (Å²) in [4.78, 5) is 2.31. The van der Waals surface area contributed by atoms with Gasteiger partial charge >= 0.3 is 0 Å². The fourth-order valence-electron chi connectivity index (χ4n) is 2.67. The van der Waals surface area contributed by atoms with E-state index in [1.807, 2.05) is 18.2 Å². The van der Waals surface area contributed by atoms with E-state index in [9.17, 15) is 5.11 Å². The van der Waals surface area contributed by atoms with Crippen LogP contribution in [0.15, 0.2) is 30.3 Å². The standard InChI is InChI=1S/C17H30N2O2/c1-5-19(11-12-21-4)13-17(14-20,18-15(2)3)16-9-7-6-8-10-16/h6-10,15,18,20H,5,11-14H2,1-4H3. The molecule has 0 radical (unpaired) electrons. The molecule has 1 aromatic rings. The van der Waals surface area contributed by atoms with Gasteiger partial charge < -0.3 is 15.2 Å². The molecule has 0 aromatic heterocycles. The van der Waals surface area contributed by atoms with Gasteiger partial charge in [-0.3, -0.25) is 4.90 Å². The van der Waals surface area contributed by atoms with Gasteiger partial charge in [-0.15, -0.1) is 0 Å². The fourth-order valence-corrected chi connectivity index (χ4v) is 2.67. The number of methoxy groups -OCH3 is 1. The summed E-state index contributed by atoms with van der Waals surface area (Å²) < 4.78 is 5.18. The van der Waals surface area contributed by atoms with Crippen molar-refractivity contribution in [2.24, 2.45) is 0 Å². The van der Waals surface area contributed by atoms with E-state index in [0.29, 0.717) is 12.6 Å². The summed E-state index contributed by atoms with van der Waals surface area (Å²) in [6, 6.07) is 10.5. The molecule has 4 heteroatoms. The van der Waals surface area contributed by atoms with Crippen molar-refractivity contribution >= 4 is 0 Å². The number of aliphatic hydroxyl groups is 1. The maximum absolute atomic E-state index is 10.1. The lowest BCUT2D eigenvalue weighted by molar-refractivity contribution is 0.0828. The summed E-state index contributed by atoms with van der Waals surface area (Å²) in [5.74, 6) is 0. The molecule has 0 aliphatic rings. The summed E-state index contributed by atoms with van der Waals surface area (Å²) in [6.07, 6.45) is 0. The minimum Gasteiger partial charge on any atom is -0.394 e. The van der Waals surface area contributed by atoms with Gasteiger partial charge in [0.1, 0.15) is 0 Å². The lowest BCUT2D eigenvalue weighted by Gasteiger charge is -2.39. The van der Waals surface area contributed by atoms with Crippen LogP contribution in [-0.4, -0.2) is 56.0 Å². The predicted octanol–water partition coefficient (Wildman–Crippen LogP) is 1.84. The first-order valence-electron chi connectivity index (χ1n) is 7.73. The zero-order chi connectivity index (χ0) is 15.7. The predicted molar refractivity (Wildman–Crippen MR) is 87.5 cm³/mol. The molecule has 0 amide bonds. The van der Waals surface area contributed by atoms with Gasteiger partial charge in [0.25, 0.3) is 0 Å². The number of likely N-dealkylation sites (N-methyl/N-ethyl adjacent to an activating group) is 1. The van der Waals surface area contributed by atoms with Crippen molar-refractivity contribution in [3.05, 3.63) is 35.9 Å². The molecule has 0 bridgehead atoms. The topological polar surface area (TPSA) is 44.7 Å². The van der Waals surface area contributed by atoms with Crippen molar-refractivity contribution in [1.29, 1.82) is 0 Å². The van der Waals surface area contributed by atoms with Crippen LogP contribution in [0.2, 0.25) is 0 Å². The molecule has 120 valence electrons. The molecular weight excluding hydrogens is 264 g/mol. The molecule has 2 N–H and O–H groups in total. The second-order valence-electron chi connectivity index (χ2n) is 5.77. The third kappa shape index (κ3) is 5.40. The molecule has 1 atom stereocenters. The molecule has 0 aliphatic heterocycles. The van der Waals surface area contributed by atoms with E-state index in [4.69, 9.17) is 4.74 Å². The molecule has 0 spiro atoms. The van der Waals surface area contributed by atoms with Crippen LogP contribution in [0.25, 0.3) is 0 Å². The number of hydrogen-bond donors (Lipinski definition) is 2. The maximum Gasteiger partial charge on any atom is 0.0799 e. The van der Waals surface area contributed by atoms with Crippen molar-refractivity contribution < 1.29 is 9.84 Å². The Morgan fingerprint density at radius 3 is 2.43 bits per heavy atom. The zero-order valence-electron chi connectivity index (χ0n) is 13.8. The van der Waals surface area contributed by atoms with Crippen LogP contribution in [0.5, 0.6) is 0 Å². The molecule has 0 aliphatic carbocycles. The average Bonchev–Trinajstić information content (AvgIpc) is 2.50. The van der Waals surface area contributed by atoms with Crippen molar-refractivity contribution in [3.8, 4) is 0 Å². The molecule has 4 nitrogen and oxygen atoms in total. The van der Waals surface area contributed by atoms with Crippen molar-refractivity contribution in [2.45, 2.75) is 32.4 Å². The first-order chi connectivity index (χ1) is 10.1. The number of ether oxygens (including phenoxy) is 1. The largest absolute Gasteiger partial charge is 0.394 e. The van der Waals surface area contributed by atoms with Gasteiger partial charge in [0, 0.05) is 26.2 Å². The van der Waals surface area contributed by atoms with Crippen LogP contribution in [0, 0.1) is 0 Å². The third-order valence-corrected chi connectivity index (χ3v) is 3.71. The maximum atomic E-state index is 10.1. The zero-order valence-corrected chi connectivity index (χ0v) is 13.8. The lowest BCUT2D eigenvalue weighted by atomic mass is 9.89. The van der Waals surface area contributed by atoms with E-state index in [2.05, 4.69) is 43.1 Å². The van der Waals surface area contributed by atoms with Crippen molar-refractivity contribution in [2.75, 3.05) is 40.0 Å². The Kier molecular flexibility index (Phi) is 7.89. The normalized spacial score (nSPS) is 14.6. The summed E-state index contributed by atoms with van der Waals surface area (Å²) in [7, 11) is 1.72. The highest BCUT2D eigenvalue weighted by molar-refractivity contribution is 5.25. The highest BCUT2D eigenvalue weighted by Gasteiger charge is 2.33. The highest BCUT2D eigenvalue weighted by atomic mass is 16.5. The monoisotopic (exact) mass is 294 g/mol. The number of rotatable bonds is 10. The Morgan fingerprint density at radius 2 is 1.95 bits per heavy atom. The summed E-state index contributed by atoms with van der Waals surface area (Å²) in [5, 5.41) is 13.7. The number of aliphatic hydroxyl groups excluding tert-OH is 1. The van der Waals surface area contributed by atoms with E-state index in [-0.39, 0.29) is 6.61 Å². The number of hydrogen-bond acceptors (Lipinski definition) is 4. The van der Waals surface area contributed by atoms with Crippen LogP contribution in [-0.2, 0) is 10.3 Å². The van der Waals surface area contributed by atoms with Crippen molar-refractivity contribution in [1.82, 2.24) is 10.2 Å². The Bertz CT molecular complexity index is 384. The summed E-state index contributed by atoms with van der Waals surface area (Å²) in [6.45, 7) is 9.67. The van der Waals surface area contributed by atoms with E-state index >= 15 is 0 Å². The quantitative estimate of drug-likeness (QED) is 0.691. The van der Waals surface area contributed by atoms with Gasteiger partial charge in [-0.1, -0.05) is 37.3 Å². The second kappa shape index (κ2) is 9.15. The Morgan fingerprint density at radius 1 is 1.29 bits per heavy atom. The highest BCUT2D eigenvalue weighted by Crippen LogP contribution is 2.23. The first-order valence-corrected chi connectivity index (χ1v) is 7.73. The number of nitrogens with zero attached hydrogens (tertiary/aromatic N) is 1. The molecule has 1 unspecified atom stereocenters. The van der Waals surface area contributed by atoms with Crippen LogP contribution in [0.1, 0.15) is 26.3 Å². The Balaban J connectivity index is 3.00. The van der Waals surface area contributed by atoms with E-state index in [1.165, 1.54) is 0 Å². The van der Waals surface area contributed by atoms with E-state index in [0.717, 1.165) is 25.2 Å². The third-order valence-electron chi connectivity index (χ3n) is 3.71.